The number of rotatable bonds is 2. The van der Waals surface area contributed by atoms with Gasteiger partial charge in [-0.1, -0.05) is 13.5 Å². The highest BCUT2D eigenvalue weighted by molar-refractivity contribution is 5.89. The largest absolute Gasteiger partial charge is 0.335 e. The van der Waals surface area contributed by atoms with Crippen LogP contribution in [0, 0.1) is 0 Å². The molecule has 11 heavy (non-hydrogen) atoms. The van der Waals surface area contributed by atoms with Gasteiger partial charge in [-0.05, 0) is 6.42 Å². The highest BCUT2D eigenvalue weighted by Gasteiger charge is 2.10. The van der Waals surface area contributed by atoms with Crippen LogP contribution >= 0.6 is 0 Å². The number of hydrogen-bond acceptors (Lipinski definition) is 2. The van der Waals surface area contributed by atoms with Crippen molar-refractivity contribution in [1.82, 2.24) is 10.2 Å². The molecule has 0 aromatic rings. The Kier molecular flexibility index (Phi) is 2.31. The zero-order valence-corrected chi connectivity index (χ0v) is 6.63. The van der Waals surface area contributed by atoms with Gasteiger partial charge in [0.05, 0.1) is 0 Å². The minimum absolute atomic E-state index is 0.0950. The summed E-state index contributed by atoms with van der Waals surface area (Å²) >= 11 is 0. The quantitative estimate of drug-likeness (QED) is 0.635. The Bertz CT molecular complexity index is 208. The lowest BCUT2D eigenvalue weighted by atomic mass is 10.3. The van der Waals surface area contributed by atoms with Crippen LogP contribution in [0.3, 0.4) is 0 Å². The molecule has 0 aliphatic carbocycles. The molecule has 0 aromatic heterocycles. The van der Waals surface area contributed by atoms with E-state index in [0.717, 1.165) is 13.0 Å². The Hall–Kier alpha value is -1.25. The molecule has 0 saturated heterocycles. The minimum Gasteiger partial charge on any atom is -0.335 e. The van der Waals surface area contributed by atoms with Crippen molar-refractivity contribution in [2.75, 3.05) is 6.54 Å². The van der Waals surface area contributed by atoms with Crippen molar-refractivity contribution in [3.8, 4) is 0 Å². The summed E-state index contributed by atoms with van der Waals surface area (Å²) in [5, 5.41) is 2.62. The van der Waals surface area contributed by atoms with Gasteiger partial charge in [-0.25, -0.2) is 0 Å². The predicted molar refractivity (Wildman–Crippen MR) is 43.4 cm³/mol. The van der Waals surface area contributed by atoms with E-state index in [1.807, 2.05) is 4.90 Å². The van der Waals surface area contributed by atoms with Crippen LogP contribution in [0.1, 0.15) is 13.3 Å². The van der Waals surface area contributed by atoms with Crippen molar-refractivity contribution >= 4 is 5.91 Å². The molecule has 0 unspecified atom stereocenters. The summed E-state index contributed by atoms with van der Waals surface area (Å²) in [6.45, 7) is 6.69. The lowest BCUT2D eigenvalue weighted by molar-refractivity contribution is -0.116. The molecule has 1 heterocycles. The SMILES string of the molecule is C=C1NC(=O)C=CN1CCC. The maximum absolute atomic E-state index is 10.7. The molecule has 3 heteroatoms. The topological polar surface area (TPSA) is 32.3 Å². The molecule has 0 saturated carbocycles. The van der Waals surface area contributed by atoms with Crippen LogP contribution in [-0.4, -0.2) is 17.4 Å². The van der Waals surface area contributed by atoms with E-state index < -0.39 is 0 Å². The van der Waals surface area contributed by atoms with Crippen molar-refractivity contribution in [3.63, 3.8) is 0 Å². The van der Waals surface area contributed by atoms with E-state index in [0.29, 0.717) is 5.82 Å². The molecule has 0 atom stereocenters. The minimum atomic E-state index is -0.0950. The Labute approximate surface area is 66.4 Å². The Morgan fingerprint density at radius 3 is 3.00 bits per heavy atom. The van der Waals surface area contributed by atoms with Gasteiger partial charge < -0.3 is 10.2 Å². The van der Waals surface area contributed by atoms with Gasteiger partial charge in [-0.3, -0.25) is 4.79 Å². The number of nitrogens with zero attached hydrogens (tertiary/aromatic N) is 1. The molecule has 1 aliphatic rings. The molecule has 0 bridgehead atoms. The zero-order chi connectivity index (χ0) is 8.27. The lowest BCUT2D eigenvalue weighted by Crippen LogP contribution is -2.35. The highest BCUT2D eigenvalue weighted by Crippen LogP contribution is 2.04. The third-order valence-electron chi connectivity index (χ3n) is 1.48. The van der Waals surface area contributed by atoms with Gasteiger partial charge in [0, 0.05) is 18.8 Å². The molecular weight excluding hydrogens is 140 g/mol. The molecule has 0 radical (unpaired) electrons. The number of carbonyl (C=O) groups is 1. The lowest BCUT2D eigenvalue weighted by Gasteiger charge is -2.25. The first-order valence-corrected chi connectivity index (χ1v) is 3.68. The van der Waals surface area contributed by atoms with Crippen molar-refractivity contribution in [3.05, 3.63) is 24.7 Å². The van der Waals surface area contributed by atoms with Gasteiger partial charge in [0.15, 0.2) is 0 Å². The maximum Gasteiger partial charge on any atom is 0.250 e. The molecule has 0 spiro atoms. The average Bonchev–Trinajstić information content (AvgIpc) is 1.95. The van der Waals surface area contributed by atoms with E-state index in [1.54, 1.807) is 6.20 Å². The number of amides is 1. The first-order chi connectivity index (χ1) is 5.24. The fourth-order valence-electron chi connectivity index (χ4n) is 0.954. The van der Waals surface area contributed by atoms with Crippen LogP contribution < -0.4 is 5.32 Å². The van der Waals surface area contributed by atoms with Gasteiger partial charge in [-0.15, -0.1) is 0 Å². The van der Waals surface area contributed by atoms with Crippen LogP contribution in [0.2, 0.25) is 0 Å². The second kappa shape index (κ2) is 3.23. The van der Waals surface area contributed by atoms with Crippen LogP contribution in [0.5, 0.6) is 0 Å². The first kappa shape index (κ1) is 7.85. The molecule has 0 aromatic carbocycles. The van der Waals surface area contributed by atoms with E-state index in [-0.39, 0.29) is 5.91 Å². The number of hydrogen-bond donors (Lipinski definition) is 1. The van der Waals surface area contributed by atoms with Crippen LogP contribution in [0.4, 0.5) is 0 Å². The van der Waals surface area contributed by atoms with Crippen molar-refractivity contribution in [2.45, 2.75) is 13.3 Å². The van der Waals surface area contributed by atoms with Crippen molar-refractivity contribution < 1.29 is 4.79 Å². The average molecular weight is 152 g/mol. The van der Waals surface area contributed by atoms with Crippen LogP contribution in [-0.2, 0) is 4.79 Å². The number of nitrogens with one attached hydrogen (secondary N) is 1. The van der Waals surface area contributed by atoms with Crippen LogP contribution in [0.25, 0.3) is 0 Å². The standard InChI is InChI=1S/C8H12N2O/c1-3-5-10-6-4-8(11)9-7(10)2/h4,6H,2-3,5H2,1H3,(H,9,11). The predicted octanol–water partition coefficient (Wildman–Crippen LogP) is 0.813. The molecule has 3 nitrogen and oxygen atoms in total. The van der Waals surface area contributed by atoms with Gasteiger partial charge in [0.2, 0.25) is 0 Å². The van der Waals surface area contributed by atoms with E-state index in [2.05, 4.69) is 18.8 Å². The summed E-state index contributed by atoms with van der Waals surface area (Å²) < 4.78 is 0. The maximum atomic E-state index is 10.7. The third kappa shape index (κ3) is 1.83. The Morgan fingerprint density at radius 1 is 1.73 bits per heavy atom. The second-order valence-electron chi connectivity index (χ2n) is 2.45. The molecule has 0 fully saturated rings. The fourth-order valence-corrected chi connectivity index (χ4v) is 0.954. The smallest absolute Gasteiger partial charge is 0.250 e. The zero-order valence-electron chi connectivity index (χ0n) is 6.63. The van der Waals surface area contributed by atoms with Crippen LogP contribution in [0.15, 0.2) is 24.7 Å². The molecule has 1 rings (SSSR count). The van der Waals surface area contributed by atoms with E-state index >= 15 is 0 Å². The van der Waals surface area contributed by atoms with Gasteiger partial charge in [-0.2, -0.15) is 0 Å². The molecule has 1 aliphatic heterocycles. The first-order valence-electron chi connectivity index (χ1n) is 3.68. The number of carbonyl (C=O) groups excluding carboxylic acids is 1. The normalized spacial score (nSPS) is 17.0. The second-order valence-corrected chi connectivity index (χ2v) is 2.45. The summed E-state index contributed by atoms with van der Waals surface area (Å²) in [4.78, 5) is 12.7. The van der Waals surface area contributed by atoms with Gasteiger partial charge in [0.1, 0.15) is 5.82 Å². The summed E-state index contributed by atoms with van der Waals surface area (Å²) in [7, 11) is 0. The molecule has 1 N–H and O–H groups in total. The summed E-state index contributed by atoms with van der Waals surface area (Å²) in [5.41, 5.74) is 0. The summed E-state index contributed by atoms with van der Waals surface area (Å²) in [6.07, 6.45) is 4.30. The monoisotopic (exact) mass is 152 g/mol. The summed E-state index contributed by atoms with van der Waals surface area (Å²) in [6, 6.07) is 0. The fraction of sp³-hybridized carbons (Fsp3) is 0.375. The van der Waals surface area contributed by atoms with E-state index in [4.69, 9.17) is 0 Å². The molecule has 1 amide bonds. The van der Waals surface area contributed by atoms with Crippen molar-refractivity contribution in [2.24, 2.45) is 0 Å². The van der Waals surface area contributed by atoms with Gasteiger partial charge in [0.25, 0.3) is 5.91 Å². The molecule has 60 valence electrons. The van der Waals surface area contributed by atoms with Gasteiger partial charge >= 0.3 is 0 Å². The highest BCUT2D eigenvalue weighted by atomic mass is 16.1. The molecular formula is C8H12N2O. The Morgan fingerprint density at radius 2 is 2.45 bits per heavy atom. The van der Waals surface area contributed by atoms with E-state index in [1.165, 1.54) is 6.08 Å². The third-order valence-corrected chi connectivity index (χ3v) is 1.48. The summed E-state index contributed by atoms with van der Waals surface area (Å²) in [5.74, 6) is 0.571. The van der Waals surface area contributed by atoms with E-state index in [9.17, 15) is 4.79 Å². The van der Waals surface area contributed by atoms with Crippen molar-refractivity contribution in [1.29, 1.82) is 0 Å². The Balaban J connectivity index is 2.61.